The van der Waals surface area contributed by atoms with Crippen LogP contribution in [0.4, 0.5) is 22.0 Å². The molecule has 3 rings (SSSR count). The highest BCUT2D eigenvalue weighted by Crippen LogP contribution is 2.19. The number of benzene rings is 1. The normalized spacial score (nSPS) is 13.3. The van der Waals surface area contributed by atoms with Gasteiger partial charge in [0, 0.05) is 17.3 Å². The van der Waals surface area contributed by atoms with Gasteiger partial charge in [-0.3, -0.25) is 4.79 Å². The molecule has 2 amide bonds. The second-order valence-electron chi connectivity index (χ2n) is 5.56. The Hall–Kier alpha value is -2.89. The fourth-order valence-corrected chi connectivity index (χ4v) is 2.06. The van der Waals surface area contributed by atoms with Crippen LogP contribution in [0.15, 0.2) is 42.6 Å². The first-order valence-electron chi connectivity index (χ1n) is 7.52. The molecule has 118 valence electrons. The number of nitrogens with zero attached hydrogens (tertiary/aromatic N) is 1. The third-order valence-corrected chi connectivity index (χ3v) is 3.50. The fourth-order valence-electron chi connectivity index (χ4n) is 2.06. The van der Waals surface area contributed by atoms with E-state index in [2.05, 4.69) is 20.9 Å². The lowest BCUT2D eigenvalue weighted by Crippen LogP contribution is -2.30. The number of carbonyl (C=O) groups is 2. The maximum absolute atomic E-state index is 11.6. The van der Waals surface area contributed by atoms with Crippen LogP contribution < -0.4 is 16.0 Å². The number of carbonyl (C=O) groups excluding carboxylic acids is 2. The summed E-state index contributed by atoms with van der Waals surface area (Å²) < 4.78 is 0. The number of Topliss-reactive ketones (excluding diaryl/α,β-unsaturated/α-hetero) is 1. The number of aromatic nitrogens is 1. The van der Waals surface area contributed by atoms with E-state index in [9.17, 15) is 9.59 Å². The summed E-state index contributed by atoms with van der Waals surface area (Å²) in [5.41, 5.74) is 2.15. The zero-order valence-electron chi connectivity index (χ0n) is 12.8. The van der Waals surface area contributed by atoms with Crippen molar-refractivity contribution in [1.82, 2.24) is 10.3 Å². The molecule has 0 bridgehead atoms. The molecule has 6 heteroatoms. The van der Waals surface area contributed by atoms with Crippen molar-refractivity contribution in [3.05, 3.63) is 48.2 Å². The summed E-state index contributed by atoms with van der Waals surface area (Å²) in [7, 11) is 0. The van der Waals surface area contributed by atoms with Crippen molar-refractivity contribution in [1.29, 1.82) is 0 Å². The molecule has 1 heterocycles. The van der Waals surface area contributed by atoms with Crippen LogP contribution in [0.5, 0.6) is 0 Å². The van der Waals surface area contributed by atoms with Gasteiger partial charge in [-0.25, -0.2) is 9.78 Å². The summed E-state index contributed by atoms with van der Waals surface area (Å²) in [5.74, 6) is 0.698. The van der Waals surface area contributed by atoms with Gasteiger partial charge in [0.05, 0.1) is 11.9 Å². The largest absolute Gasteiger partial charge is 0.340 e. The van der Waals surface area contributed by atoms with Gasteiger partial charge >= 0.3 is 6.03 Å². The Balaban J connectivity index is 1.58. The minimum atomic E-state index is -0.199. The maximum Gasteiger partial charge on any atom is 0.319 e. The van der Waals surface area contributed by atoms with Gasteiger partial charge in [-0.15, -0.1) is 0 Å². The molecule has 1 aromatic carbocycles. The van der Waals surface area contributed by atoms with Crippen LogP contribution in [0.1, 0.15) is 30.1 Å². The molecule has 0 spiro atoms. The first-order chi connectivity index (χ1) is 11.1. The van der Waals surface area contributed by atoms with Crippen LogP contribution in [0.3, 0.4) is 0 Å². The van der Waals surface area contributed by atoms with E-state index in [4.69, 9.17) is 0 Å². The molecule has 1 saturated carbocycles. The molecule has 1 aromatic heterocycles. The van der Waals surface area contributed by atoms with Gasteiger partial charge in [-0.1, -0.05) is 0 Å². The Morgan fingerprint density at radius 2 is 1.74 bits per heavy atom. The van der Waals surface area contributed by atoms with Crippen molar-refractivity contribution in [2.45, 2.75) is 25.8 Å². The van der Waals surface area contributed by atoms with Gasteiger partial charge in [-0.2, -0.15) is 0 Å². The van der Waals surface area contributed by atoms with Crippen LogP contribution in [0.2, 0.25) is 0 Å². The van der Waals surface area contributed by atoms with Crippen molar-refractivity contribution < 1.29 is 9.59 Å². The minimum absolute atomic E-state index is 0.0366. The Morgan fingerprint density at radius 3 is 2.30 bits per heavy atom. The summed E-state index contributed by atoms with van der Waals surface area (Å²) in [6.45, 7) is 1.54. The monoisotopic (exact) mass is 310 g/mol. The number of amides is 2. The lowest BCUT2D eigenvalue weighted by atomic mass is 10.1. The average molecular weight is 310 g/mol. The third-order valence-electron chi connectivity index (χ3n) is 3.50. The Morgan fingerprint density at radius 1 is 1.04 bits per heavy atom. The number of hydrogen-bond donors (Lipinski definition) is 3. The molecule has 0 saturated heterocycles. The Bertz CT molecular complexity index is 706. The third kappa shape index (κ3) is 4.29. The molecule has 0 radical (unpaired) electrons. The molecule has 1 aliphatic rings. The van der Waals surface area contributed by atoms with Crippen LogP contribution in [-0.2, 0) is 0 Å². The average Bonchev–Trinajstić information content (AvgIpc) is 3.33. The van der Waals surface area contributed by atoms with E-state index in [-0.39, 0.29) is 11.8 Å². The molecule has 3 N–H and O–H groups in total. The minimum Gasteiger partial charge on any atom is -0.340 e. The van der Waals surface area contributed by atoms with E-state index < -0.39 is 0 Å². The molecule has 0 aliphatic heterocycles. The van der Waals surface area contributed by atoms with E-state index in [1.54, 1.807) is 30.5 Å². The van der Waals surface area contributed by atoms with Gasteiger partial charge in [0.15, 0.2) is 5.78 Å². The molecule has 6 nitrogen and oxygen atoms in total. The zero-order chi connectivity index (χ0) is 16.2. The topological polar surface area (TPSA) is 83.1 Å². The predicted molar refractivity (Wildman–Crippen MR) is 89.1 cm³/mol. The van der Waals surface area contributed by atoms with Crippen molar-refractivity contribution in [3.8, 4) is 0 Å². The molecular weight excluding hydrogens is 292 g/mol. The molecular formula is C17H18N4O2. The molecule has 23 heavy (non-hydrogen) atoms. The SMILES string of the molecule is CC(=O)c1ccc(Nc2ccc(NC(=O)NC3CC3)cn2)cc1. The molecule has 1 aliphatic carbocycles. The number of hydrogen-bond acceptors (Lipinski definition) is 4. The van der Waals surface area contributed by atoms with Gasteiger partial charge in [0.1, 0.15) is 5.82 Å². The Labute approximate surface area is 134 Å². The molecule has 0 atom stereocenters. The number of pyridine rings is 1. The van der Waals surface area contributed by atoms with Crippen molar-refractivity contribution in [3.63, 3.8) is 0 Å². The van der Waals surface area contributed by atoms with E-state index in [0.717, 1.165) is 18.5 Å². The maximum atomic E-state index is 11.6. The van der Waals surface area contributed by atoms with Crippen LogP contribution in [-0.4, -0.2) is 22.8 Å². The predicted octanol–water partition coefficient (Wildman–Crippen LogP) is 3.31. The number of rotatable bonds is 5. The van der Waals surface area contributed by atoms with Crippen molar-refractivity contribution in [2.24, 2.45) is 0 Å². The van der Waals surface area contributed by atoms with E-state index >= 15 is 0 Å². The van der Waals surface area contributed by atoms with Crippen LogP contribution in [0, 0.1) is 0 Å². The highest BCUT2D eigenvalue weighted by atomic mass is 16.2. The second kappa shape index (κ2) is 6.48. The van der Waals surface area contributed by atoms with Crippen molar-refractivity contribution in [2.75, 3.05) is 10.6 Å². The number of nitrogens with one attached hydrogen (secondary N) is 3. The van der Waals surface area contributed by atoms with Gasteiger partial charge < -0.3 is 16.0 Å². The van der Waals surface area contributed by atoms with Gasteiger partial charge in [0.25, 0.3) is 0 Å². The highest BCUT2D eigenvalue weighted by molar-refractivity contribution is 5.94. The van der Waals surface area contributed by atoms with E-state index in [1.807, 2.05) is 12.1 Å². The van der Waals surface area contributed by atoms with Gasteiger partial charge in [0.2, 0.25) is 0 Å². The molecule has 1 fully saturated rings. The summed E-state index contributed by atoms with van der Waals surface area (Å²) >= 11 is 0. The molecule has 0 unspecified atom stereocenters. The first-order valence-corrected chi connectivity index (χ1v) is 7.52. The fraction of sp³-hybridized carbons (Fsp3) is 0.235. The Kier molecular flexibility index (Phi) is 4.23. The second-order valence-corrected chi connectivity index (χ2v) is 5.56. The van der Waals surface area contributed by atoms with E-state index in [1.165, 1.54) is 6.92 Å². The van der Waals surface area contributed by atoms with Gasteiger partial charge in [-0.05, 0) is 56.2 Å². The number of urea groups is 1. The van der Waals surface area contributed by atoms with Crippen LogP contribution in [0.25, 0.3) is 0 Å². The lowest BCUT2D eigenvalue weighted by Gasteiger charge is -2.09. The number of anilines is 3. The smallest absolute Gasteiger partial charge is 0.319 e. The van der Waals surface area contributed by atoms with E-state index in [0.29, 0.717) is 23.1 Å². The number of ketones is 1. The standard InChI is InChI=1S/C17H18N4O2/c1-11(22)12-2-4-13(5-3-12)19-16-9-8-15(10-18-16)21-17(23)20-14-6-7-14/h2-5,8-10,14H,6-7H2,1H3,(H,18,19)(H2,20,21,23). The molecule has 2 aromatic rings. The lowest BCUT2D eigenvalue weighted by molar-refractivity contribution is 0.101. The zero-order valence-corrected chi connectivity index (χ0v) is 12.8. The summed E-state index contributed by atoms with van der Waals surface area (Å²) in [5, 5.41) is 8.74. The summed E-state index contributed by atoms with van der Waals surface area (Å²) in [4.78, 5) is 27.1. The quantitative estimate of drug-likeness (QED) is 0.740. The summed E-state index contributed by atoms with van der Waals surface area (Å²) in [6, 6.07) is 10.9. The van der Waals surface area contributed by atoms with Crippen molar-refractivity contribution >= 4 is 29.0 Å². The first kappa shape index (κ1) is 15.0. The highest BCUT2D eigenvalue weighted by Gasteiger charge is 2.23. The summed E-state index contributed by atoms with van der Waals surface area (Å²) in [6.07, 6.45) is 3.70. The van der Waals surface area contributed by atoms with Crippen LogP contribution >= 0.6 is 0 Å².